The average molecular weight is 371 g/mol. The minimum Gasteiger partial charge on any atom is -0.504 e. The molecule has 0 spiro atoms. The van der Waals surface area contributed by atoms with Crippen molar-refractivity contribution < 1.29 is 9.50 Å². The zero-order valence-electron chi connectivity index (χ0n) is 14.2. The van der Waals surface area contributed by atoms with E-state index in [1.165, 1.54) is 11.3 Å². The lowest BCUT2D eigenvalue weighted by molar-refractivity contribution is 0.345. The van der Waals surface area contributed by atoms with Gasteiger partial charge >= 0.3 is 0 Å². The first-order chi connectivity index (χ1) is 12.6. The van der Waals surface area contributed by atoms with Gasteiger partial charge in [0.15, 0.2) is 11.6 Å². The standard InChI is InChI=1S/C18H18FN5OS/c1-23-8-10-6-13(17(25)15(19)16(10)21-23)14-7-11-9-24(22-18(11)26-14)12-2-4-20-5-3-12/h6-9,12,20,25H,2-5H2,1H3. The van der Waals surface area contributed by atoms with Gasteiger partial charge in [-0.2, -0.15) is 10.2 Å². The highest BCUT2D eigenvalue weighted by Gasteiger charge is 2.21. The summed E-state index contributed by atoms with van der Waals surface area (Å²) in [4.78, 5) is 1.71. The largest absolute Gasteiger partial charge is 0.504 e. The van der Waals surface area contributed by atoms with Gasteiger partial charge in [-0.15, -0.1) is 11.3 Å². The fraction of sp³-hybridized carbons (Fsp3) is 0.333. The number of hydrogen-bond donors (Lipinski definition) is 2. The van der Waals surface area contributed by atoms with Crippen molar-refractivity contribution in [2.24, 2.45) is 7.05 Å². The molecule has 5 rings (SSSR count). The number of hydrogen-bond acceptors (Lipinski definition) is 5. The molecule has 26 heavy (non-hydrogen) atoms. The highest BCUT2D eigenvalue weighted by molar-refractivity contribution is 7.21. The lowest BCUT2D eigenvalue weighted by atomic mass is 10.1. The van der Waals surface area contributed by atoms with Crippen LogP contribution >= 0.6 is 11.3 Å². The average Bonchev–Trinajstić information content (AvgIpc) is 3.31. The molecule has 0 aliphatic carbocycles. The molecule has 0 bridgehead atoms. The molecule has 2 N–H and O–H groups in total. The van der Waals surface area contributed by atoms with E-state index in [2.05, 4.69) is 21.3 Å². The third-order valence-corrected chi connectivity index (χ3v) is 6.06. The maximum Gasteiger partial charge on any atom is 0.193 e. The molecule has 0 unspecified atom stereocenters. The topological polar surface area (TPSA) is 67.9 Å². The molecule has 1 saturated heterocycles. The highest BCUT2D eigenvalue weighted by Crippen LogP contribution is 2.41. The Kier molecular flexibility index (Phi) is 3.51. The van der Waals surface area contributed by atoms with Crippen molar-refractivity contribution in [2.75, 3.05) is 13.1 Å². The van der Waals surface area contributed by atoms with E-state index in [0.29, 0.717) is 17.0 Å². The lowest BCUT2D eigenvalue weighted by Crippen LogP contribution is -2.29. The molecule has 1 aliphatic rings. The predicted molar refractivity (Wildman–Crippen MR) is 100 cm³/mol. The molecule has 1 aromatic carbocycles. The molecule has 0 radical (unpaired) electrons. The monoisotopic (exact) mass is 371 g/mol. The summed E-state index contributed by atoms with van der Waals surface area (Å²) in [6.07, 6.45) is 5.95. The molecule has 0 atom stereocenters. The summed E-state index contributed by atoms with van der Waals surface area (Å²) in [5, 5.41) is 24.2. The number of halogens is 1. The van der Waals surface area contributed by atoms with Crippen molar-refractivity contribution in [3.63, 3.8) is 0 Å². The second-order valence-corrected chi connectivity index (χ2v) is 7.82. The van der Waals surface area contributed by atoms with Crippen LogP contribution in [0.1, 0.15) is 18.9 Å². The SMILES string of the molecule is Cn1cc2cc(-c3cc4cn(C5CCNCC5)nc4s3)c(O)c(F)c2n1. The van der Waals surface area contributed by atoms with Crippen LogP contribution in [0.2, 0.25) is 0 Å². The number of phenolic OH excluding ortho intramolecular Hbond substituents is 1. The van der Waals surface area contributed by atoms with Crippen LogP contribution in [0.15, 0.2) is 24.5 Å². The first-order valence-corrected chi connectivity index (χ1v) is 9.46. The van der Waals surface area contributed by atoms with E-state index in [0.717, 1.165) is 41.0 Å². The van der Waals surface area contributed by atoms with Crippen molar-refractivity contribution in [1.82, 2.24) is 24.9 Å². The van der Waals surface area contributed by atoms with Crippen LogP contribution in [0.4, 0.5) is 4.39 Å². The first kappa shape index (κ1) is 15.8. The van der Waals surface area contributed by atoms with Gasteiger partial charge in [0.2, 0.25) is 0 Å². The molecule has 4 heterocycles. The van der Waals surface area contributed by atoms with E-state index in [1.807, 2.05) is 6.07 Å². The van der Waals surface area contributed by atoms with Crippen LogP contribution in [0.3, 0.4) is 0 Å². The zero-order chi connectivity index (χ0) is 17.8. The number of aryl methyl sites for hydroxylation is 1. The summed E-state index contributed by atoms with van der Waals surface area (Å²) in [5.74, 6) is -1.03. The van der Waals surface area contributed by atoms with E-state index in [-0.39, 0.29) is 11.3 Å². The molecule has 4 aromatic rings. The second-order valence-electron chi connectivity index (χ2n) is 6.79. The number of rotatable bonds is 2. The molecular formula is C18H18FN5OS. The molecule has 134 valence electrons. The van der Waals surface area contributed by atoms with E-state index in [4.69, 9.17) is 5.10 Å². The third kappa shape index (κ3) is 2.40. The number of thiophene rings is 1. The van der Waals surface area contributed by atoms with Gasteiger partial charge < -0.3 is 10.4 Å². The molecule has 0 saturated carbocycles. The van der Waals surface area contributed by atoms with Crippen LogP contribution in [-0.4, -0.2) is 37.8 Å². The Morgan fingerprint density at radius 1 is 1.19 bits per heavy atom. The summed E-state index contributed by atoms with van der Waals surface area (Å²) in [5.41, 5.74) is 0.672. The normalized spacial score (nSPS) is 16.1. The van der Waals surface area contributed by atoms with Gasteiger partial charge in [-0.3, -0.25) is 9.36 Å². The van der Waals surface area contributed by atoms with Gasteiger partial charge in [0.05, 0.1) is 6.04 Å². The van der Waals surface area contributed by atoms with E-state index >= 15 is 0 Å². The fourth-order valence-corrected chi connectivity index (χ4v) is 4.68. The Balaban J connectivity index is 1.57. The second kappa shape index (κ2) is 5.78. The zero-order valence-corrected chi connectivity index (χ0v) is 15.1. The van der Waals surface area contributed by atoms with Crippen molar-refractivity contribution in [1.29, 1.82) is 0 Å². The number of phenols is 1. The molecule has 0 amide bonds. The number of aromatic hydroxyl groups is 1. The van der Waals surface area contributed by atoms with E-state index in [9.17, 15) is 9.50 Å². The van der Waals surface area contributed by atoms with Gasteiger partial charge in [-0.1, -0.05) is 0 Å². The number of aromatic nitrogens is 4. The van der Waals surface area contributed by atoms with Gasteiger partial charge in [0.25, 0.3) is 0 Å². The Morgan fingerprint density at radius 2 is 2.00 bits per heavy atom. The van der Waals surface area contributed by atoms with Crippen LogP contribution < -0.4 is 5.32 Å². The molecule has 3 aromatic heterocycles. The number of piperidine rings is 1. The predicted octanol–water partition coefficient (Wildman–Crippen LogP) is 3.42. The minimum atomic E-state index is -0.677. The lowest BCUT2D eigenvalue weighted by Gasteiger charge is -2.22. The van der Waals surface area contributed by atoms with Gasteiger partial charge in [-0.25, -0.2) is 4.39 Å². The molecule has 1 fully saturated rings. The van der Waals surface area contributed by atoms with Gasteiger partial charge in [-0.05, 0) is 38.1 Å². The Labute approximate surface area is 152 Å². The van der Waals surface area contributed by atoms with Crippen LogP contribution in [0, 0.1) is 5.82 Å². The van der Waals surface area contributed by atoms with Crippen LogP contribution in [0.25, 0.3) is 31.6 Å². The smallest absolute Gasteiger partial charge is 0.193 e. The van der Waals surface area contributed by atoms with Gasteiger partial charge in [0.1, 0.15) is 10.3 Å². The Morgan fingerprint density at radius 3 is 2.77 bits per heavy atom. The number of nitrogens with zero attached hydrogens (tertiary/aromatic N) is 4. The maximum absolute atomic E-state index is 14.5. The summed E-state index contributed by atoms with van der Waals surface area (Å²) >= 11 is 1.47. The fourth-order valence-electron chi connectivity index (χ4n) is 3.66. The maximum atomic E-state index is 14.5. The summed E-state index contributed by atoms with van der Waals surface area (Å²) < 4.78 is 18.1. The van der Waals surface area contributed by atoms with Crippen molar-refractivity contribution >= 4 is 32.5 Å². The van der Waals surface area contributed by atoms with E-state index < -0.39 is 5.82 Å². The Hall–Kier alpha value is -2.45. The van der Waals surface area contributed by atoms with Crippen LogP contribution in [0.5, 0.6) is 5.75 Å². The van der Waals surface area contributed by atoms with Crippen molar-refractivity contribution in [3.8, 4) is 16.2 Å². The van der Waals surface area contributed by atoms with Gasteiger partial charge in [0, 0.05) is 40.7 Å². The van der Waals surface area contributed by atoms with Crippen molar-refractivity contribution in [3.05, 3.63) is 30.3 Å². The quantitative estimate of drug-likeness (QED) is 0.567. The van der Waals surface area contributed by atoms with E-state index in [1.54, 1.807) is 24.0 Å². The number of nitrogens with one attached hydrogen (secondary N) is 1. The van der Waals surface area contributed by atoms with Crippen LogP contribution in [-0.2, 0) is 7.05 Å². The first-order valence-electron chi connectivity index (χ1n) is 8.65. The summed E-state index contributed by atoms with van der Waals surface area (Å²) in [6, 6.07) is 4.19. The summed E-state index contributed by atoms with van der Waals surface area (Å²) in [7, 11) is 1.74. The number of fused-ring (bicyclic) bond motifs is 2. The molecule has 1 aliphatic heterocycles. The molecular weight excluding hydrogens is 353 g/mol. The molecule has 8 heteroatoms. The number of benzene rings is 1. The Bertz CT molecular complexity index is 1090. The molecule has 6 nitrogen and oxygen atoms in total. The third-order valence-electron chi connectivity index (χ3n) is 4.99. The summed E-state index contributed by atoms with van der Waals surface area (Å²) in [6.45, 7) is 2.03. The van der Waals surface area contributed by atoms with Crippen molar-refractivity contribution in [2.45, 2.75) is 18.9 Å². The highest BCUT2D eigenvalue weighted by atomic mass is 32.1. The minimum absolute atomic E-state index is 0.186.